The lowest BCUT2D eigenvalue weighted by Gasteiger charge is -2.38. The van der Waals surface area contributed by atoms with Crippen molar-refractivity contribution in [1.82, 2.24) is 0 Å². The van der Waals surface area contributed by atoms with E-state index in [-0.39, 0.29) is 11.9 Å². The van der Waals surface area contributed by atoms with E-state index in [4.69, 9.17) is 13.9 Å². The van der Waals surface area contributed by atoms with E-state index in [2.05, 4.69) is 19.6 Å². The molecular weight excluding hydrogens is 224 g/mol. The first-order valence-corrected chi connectivity index (χ1v) is 9.08. The molecule has 1 aliphatic carbocycles. The van der Waals surface area contributed by atoms with E-state index in [1.54, 1.807) is 7.11 Å². The standard InChI is InChI=1S/C11H22O4Si/c1-13-10(12)9-7-6-8-11(9,14-2)15-16(3,4)5/h9H,6-8H2,1-5H3/t9?,11-/m1/s1. The van der Waals surface area contributed by atoms with E-state index in [9.17, 15) is 4.79 Å². The fraction of sp³-hybridized carbons (Fsp3) is 0.909. The minimum Gasteiger partial charge on any atom is -0.469 e. The van der Waals surface area contributed by atoms with Crippen LogP contribution in [-0.4, -0.2) is 34.3 Å². The molecule has 0 saturated heterocycles. The van der Waals surface area contributed by atoms with Crippen LogP contribution in [0.3, 0.4) is 0 Å². The van der Waals surface area contributed by atoms with Crippen molar-refractivity contribution in [2.45, 2.75) is 44.7 Å². The van der Waals surface area contributed by atoms with Gasteiger partial charge in [-0.1, -0.05) is 0 Å². The lowest BCUT2D eigenvalue weighted by molar-refractivity contribution is -0.205. The molecule has 0 radical (unpaired) electrons. The molecule has 0 aromatic rings. The number of hydrogen-bond donors (Lipinski definition) is 0. The van der Waals surface area contributed by atoms with Crippen molar-refractivity contribution in [3.05, 3.63) is 0 Å². The Bertz CT molecular complexity index is 261. The molecule has 4 nitrogen and oxygen atoms in total. The summed E-state index contributed by atoms with van der Waals surface area (Å²) in [5.41, 5.74) is 0. The quantitative estimate of drug-likeness (QED) is 0.433. The second-order valence-corrected chi connectivity index (χ2v) is 9.63. The second kappa shape index (κ2) is 4.85. The first-order valence-electron chi connectivity index (χ1n) is 5.68. The van der Waals surface area contributed by atoms with Crippen molar-refractivity contribution in [3.8, 4) is 0 Å². The summed E-state index contributed by atoms with van der Waals surface area (Å²) in [6.45, 7) is 6.29. The van der Waals surface area contributed by atoms with Gasteiger partial charge in [0.05, 0.1) is 7.11 Å². The van der Waals surface area contributed by atoms with Crippen LogP contribution < -0.4 is 0 Å². The van der Waals surface area contributed by atoms with Gasteiger partial charge < -0.3 is 13.9 Å². The van der Waals surface area contributed by atoms with Crippen LogP contribution in [-0.2, 0) is 18.7 Å². The van der Waals surface area contributed by atoms with Gasteiger partial charge >= 0.3 is 5.97 Å². The summed E-state index contributed by atoms with van der Waals surface area (Å²) in [7, 11) is 1.28. The van der Waals surface area contributed by atoms with Crippen molar-refractivity contribution in [2.24, 2.45) is 5.92 Å². The van der Waals surface area contributed by atoms with Gasteiger partial charge in [-0.25, -0.2) is 0 Å². The van der Waals surface area contributed by atoms with Crippen molar-refractivity contribution in [2.75, 3.05) is 14.2 Å². The molecule has 1 rings (SSSR count). The topological polar surface area (TPSA) is 44.8 Å². The highest BCUT2D eigenvalue weighted by Gasteiger charge is 2.51. The van der Waals surface area contributed by atoms with Gasteiger partial charge in [0.1, 0.15) is 5.92 Å². The zero-order chi connectivity index (χ0) is 12.4. The van der Waals surface area contributed by atoms with Gasteiger partial charge in [0.2, 0.25) is 0 Å². The number of rotatable bonds is 4. The maximum absolute atomic E-state index is 11.7. The maximum Gasteiger partial charge on any atom is 0.314 e. The number of carbonyl (C=O) groups excluding carboxylic acids is 1. The summed E-state index contributed by atoms with van der Waals surface area (Å²) in [6.07, 6.45) is 2.50. The minimum atomic E-state index is -1.75. The van der Waals surface area contributed by atoms with Gasteiger partial charge in [-0.05, 0) is 32.5 Å². The van der Waals surface area contributed by atoms with Crippen LogP contribution in [0.5, 0.6) is 0 Å². The molecule has 1 aliphatic rings. The molecule has 0 aromatic carbocycles. The van der Waals surface area contributed by atoms with Crippen molar-refractivity contribution in [1.29, 1.82) is 0 Å². The molecule has 1 unspecified atom stereocenters. The summed E-state index contributed by atoms with van der Waals surface area (Å²) in [5, 5.41) is 0. The molecule has 0 bridgehead atoms. The number of esters is 1. The highest BCUT2D eigenvalue weighted by Crippen LogP contribution is 2.41. The molecule has 94 valence electrons. The Kier molecular flexibility index (Phi) is 4.15. The van der Waals surface area contributed by atoms with Crippen LogP contribution in [0, 0.1) is 5.92 Å². The average molecular weight is 246 g/mol. The summed E-state index contributed by atoms with van der Waals surface area (Å²) >= 11 is 0. The Balaban J connectivity index is 2.88. The van der Waals surface area contributed by atoms with E-state index in [0.29, 0.717) is 0 Å². The van der Waals surface area contributed by atoms with Crippen molar-refractivity contribution < 1.29 is 18.7 Å². The van der Waals surface area contributed by atoms with E-state index < -0.39 is 14.1 Å². The number of ether oxygens (including phenoxy) is 2. The molecule has 1 saturated carbocycles. The molecule has 16 heavy (non-hydrogen) atoms. The predicted octanol–water partition coefficient (Wildman–Crippen LogP) is 2.15. The lowest BCUT2D eigenvalue weighted by atomic mass is 10.0. The van der Waals surface area contributed by atoms with Crippen LogP contribution in [0.25, 0.3) is 0 Å². The van der Waals surface area contributed by atoms with Crippen LogP contribution >= 0.6 is 0 Å². The monoisotopic (exact) mass is 246 g/mol. The fourth-order valence-electron chi connectivity index (χ4n) is 2.31. The molecule has 0 amide bonds. The van der Waals surface area contributed by atoms with Crippen molar-refractivity contribution >= 4 is 14.3 Å². The van der Waals surface area contributed by atoms with E-state index in [1.807, 2.05) is 0 Å². The average Bonchev–Trinajstić information content (AvgIpc) is 2.58. The number of methoxy groups -OCH3 is 2. The van der Waals surface area contributed by atoms with Gasteiger partial charge in [0.25, 0.3) is 0 Å². The smallest absolute Gasteiger partial charge is 0.314 e. The van der Waals surface area contributed by atoms with Crippen LogP contribution in [0.2, 0.25) is 19.6 Å². The Morgan fingerprint density at radius 1 is 1.31 bits per heavy atom. The summed E-state index contributed by atoms with van der Waals surface area (Å²) in [5.74, 6) is -1.26. The highest BCUT2D eigenvalue weighted by molar-refractivity contribution is 6.69. The summed E-state index contributed by atoms with van der Waals surface area (Å²) in [6, 6.07) is 0. The third-order valence-corrected chi connectivity index (χ3v) is 3.82. The van der Waals surface area contributed by atoms with Gasteiger partial charge in [-0.3, -0.25) is 4.79 Å². The van der Waals surface area contributed by atoms with Crippen LogP contribution in [0.15, 0.2) is 0 Å². The lowest BCUT2D eigenvalue weighted by Crippen LogP contribution is -2.49. The number of carbonyl (C=O) groups is 1. The minimum absolute atomic E-state index is 0.224. The van der Waals surface area contributed by atoms with Crippen LogP contribution in [0.1, 0.15) is 19.3 Å². The maximum atomic E-state index is 11.7. The molecule has 0 aromatic heterocycles. The van der Waals surface area contributed by atoms with Gasteiger partial charge in [-0.2, -0.15) is 0 Å². The second-order valence-electron chi connectivity index (χ2n) is 5.20. The fourth-order valence-corrected chi connectivity index (χ4v) is 3.68. The largest absolute Gasteiger partial charge is 0.469 e. The third kappa shape index (κ3) is 2.84. The highest BCUT2D eigenvalue weighted by atomic mass is 28.4. The predicted molar refractivity (Wildman–Crippen MR) is 63.5 cm³/mol. The molecule has 2 atom stereocenters. The summed E-state index contributed by atoms with van der Waals surface area (Å²) in [4.78, 5) is 11.7. The van der Waals surface area contributed by atoms with E-state index in [1.165, 1.54) is 7.11 Å². The molecule has 1 fully saturated rings. The Labute approximate surface area is 98.4 Å². The molecule has 0 spiro atoms. The van der Waals surface area contributed by atoms with Crippen LogP contribution in [0.4, 0.5) is 0 Å². The van der Waals surface area contributed by atoms with E-state index in [0.717, 1.165) is 19.3 Å². The normalized spacial score (nSPS) is 30.4. The van der Waals surface area contributed by atoms with Gasteiger partial charge in [0, 0.05) is 13.5 Å². The summed E-state index contributed by atoms with van der Waals surface area (Å²) < 4.78 is 16.4. The molecule has 5 heteroatoms. The Hall–Kier alpha value is -0.393. The van der Waals surface area contributed by atoms with E-state index >= 15 is 0 Å². The van der Waals surface area contributed by atoms with Gasteiger partial charge in [-0.15, -0.1) is 0 Å². The van der Waals surface area contributed by atoms with Gasteiger partial charge in [0.15, 0.2) is 14.1 Å². The molecule has 0 N–H and O–H groups in total. The third-order valence-electron chi connectivity index (χ3n) is 2.86. The first kappa shape index (κ1) is 13.7. The Morgan fingerprint density at radius 3 is 2.38 bits per heavy atom. The zero-order valence-corrected chi connectivity index (χ0v) is 11.8. The SMILES string of the molecule is COC(=O)C1CCC[C@@]1(OC)O[Si](C)(C)C. The first-order chi connectivity index (χ1) is 7.34. The van der Waals surface area contributed by atoms with Crippen molar-refractivity contribution in [3.63, 3.8) is 0 Å². The molecule has 0 aliphatic heterocycles. The zero-order valence-electron chi connectivity index (χ0n) is 10.8. The molecular formula is C11H22O4Si. The number of hydrogen-bond acceptors (Lipinski definition) is 4. The molecule has 0 heterocycles. The Morgan fingerprint density at radius 2 is 1.94 bits per heavy atom.